The first-order chi connectivity index (χ1) is 11.1. The number of methoxy groups -OCH3 is 1. The lowest BCUT2D eigenvalue weighted by Crippen LogP contribution is -2.41. The molecule has 1 fully saturated rings. The summed E-state index contributed by atoms with van der Waals surface area (Å²) in [5.41, 5.74) is 0.346. The van der Waals surface area contributed by atoms with Gasteiger partial charge in [0.2, 0.25) is 0 Å². The second-order valence-electron chi connectivity index (χ2n) is 5.45. The minimum absolute atomic E-state index is 0.0651. The number of ether oxygens (including phenoxy) is 2. The number of carbonyl (C=O) groups excluding carboxylic acids is 1. The summed E-state index contributed by atoms with van der Waals surface area (Å²) in [5, 5.41) is 8.82. The van der Waals surface area contributed by atoms with Crippen LogP contribution in [0.2, 0.25) is 0 Å². The van der Waals surface area contributed by atoms with Crippen LogP contribution >= 0.6 is 0 Å². The molecule has 1 aliphatic rings. The predicted octanol–water partition coefficient (Wildman–Crippen LogP) is 1.44. The molecule has 23 heavy (non-hydrogen) atoms. The van der Waals surface area contributed by atoms with Crippen LogP contribution in [0.15, 0.2) is 18.3 Å². The van der Waals surface area contributed by atoms with E-state index in [1.165, 1.54) is 18.3 Å². The molecular weight excluding hydrogens is 300 g/mol. The fraction of sp³-hybridized carbons (Fsp3) is 0.562. The van der Waals surface area contributed by atoms with E-state index in [9.17, 15) is 9.59 Å². The molecule has 7 heteroatoms. The number of nitrogens with zero attached hydrogens (tertiary/aromatic N) is 2. The smallest absolute Gasteiger partial charge is 0.354 e. The second kappa shape index (κ2) is 8.59. The largest absolute Gasteiger partial charge is 0.477 e. The Kier molecular flexibility index (Phi) is 6.49. The standard InChI is InChI=1S/C16H22N2O5/c1-22-9-2-10-23-13-5-7-18(8-6-13)15(19)12-3-4-14(16(20)21)17-11-12/h3-4,11,13H,2,5-10H2,1H3,(H,20,21). The van der Waals surface area contributed by atoms with Gasteiger partial charge in [-0.2, -0.15) is 0 Å². The van der Waals surface area contributed by atoms with E-state index in [-0.39, 0.29) is 17.7 Å². The number of carboxylic acid groups (broad SMARTS) is 1. The first kappa shape index (κ1) is 17.4. The summed E-state index contributed by atoms with van der Waals surface area (Å²) in [5.74, 6) is -1.22. The summed E-state index contributed by atoms with van der Waals surface area (Å²) in [7, 11) is 1.67. The van der Waals surface area contributed by atoms with E-state index >= 15 is 0 Å². The fourth-order valence-electron chi connectivity index (χ4n) is 2.51. The van der Waals surface area contributed by atoms with Crippen LogP contribution < -0.4 is 0 Å². The Morgan fingerprint density at radius 1 is 1.30 bits per heavy atom. The summed E-state index contributed by atoms with van der Waals surface area (Å²) in [6.45, 7) is 2.63. The maximum atomic E-state index is 12.4. The van der Waals surface area contributed by atoms with Crippen molar-refractivity contribution in [2.24, 2.45) is 0 Å². The van der Waals surface area contributed by atoms with Gasteiger partial charge >= 0.3 is 5.97 Å². The molecule has 0 aromatic carbocycles. The lowest BCUT2D eigenvalue weighted by atomic mass is 10.1. The third kappa shape index (κ3) is 5.01. The van der Waals surface area contributed by atoms with Gasteiger partial charge in [-0.1, -0.05) is 0 Å². The van der Waals surface area contributed by atoms with Crippen LogP contribution in [0.5, 0.6) is 0 Å². The lowest BCUT2D eigenvalue weighted by Gasteiger charge is -2.32. The monoisotopic (exact) mass is 322 g/mol. The molecular formula is C16H22N2O5. The highest BCUT2D eigenvalue weighted by Gasteiger charge is 2.24. The van der Waals surface area contributed by atoms with Crippen molar-refractivity contribution in [1.82, 2.24) is 9.88 Å². The Balaban J connectivity index is 1.80. The van der Waals surface area contributed by atoms with Crippen molar-refractivity contribution >= 4 is 11.9 Å². The number of rotatable bonds is 7. The molecule has 126 valence electrons. The van der Waals surface area contributed by atoms with Crippen molar-refractivity contribution < 1.29 is 24.2 Å². The van der Waals surface area contributed by atoms with Crippen molar-refractivity contribution in [3.8, 4) is 0 Å². The molecule has 1 aliphatic heterocycles. The van der Waals surface area contributed by atoms with Crippen LogP contribution in [0.3, 0.4) is 0 Å². The summed E-state index contributed by atoms with van der Waals surface area (Å²) in [6.07, 6.45) is 3.98. The van der Waals surface area contributed by atoms with Crippen LogP contribution in [-0.2, 0) is 9.47 Å². The molecule has 2 heterocycles. The molecule has 1 aromatic heterocycles. The average Bonchev–Trinajstić information content (AvgIpc) is 2.59. The van der Waals surface area contributed by atoms with Gasteiger partial charge in [-0.05, 0) is 31.4 Å². The zero-order chi connectivity index (χ0) is 16.7. The number of carboxylic acids is 1. The van der Waals surface area contributed by atoms with Gasteiger partial charge in [-0.3, -0.25) is 4.79 Å². The normalized spacial score (nSPS) is 15.6. The number of pyridine rings is 1. The fourth-order valence-corrected chi connectivity index (χ4v) is 2.51. The van der Waals surface area contributed by atoms with Gasteiger partial charge in [0, 0.05) is 39.6 Å². The molecule has 1 aromatic rings. The highest BCUT2D eigenvalue weighted by atomic mass is 16.5. The summed E-state index contributed by atoms with van der Waals surface area (Å²) < 4.78 is 10.7. The lowest BCUT2D eigenvalue weighted by molar-refractivity contribution is 0.00187. The van der Waals surface area contributed by atoms with E-state index in [4.69, 9.17) is 14.6 Å². The van der Waals surface area contributed by atoms with Crippen LogP contribution in [0.1, 0.15) is 40.1 Å². The molecule has 2 rings (SSSR count). The number of hydrogen-bond donors (Lipinski definition) is 1. The molecule has 0 spiro atoms. The van der Waals surface area contributed by atoms with Crippen molar-refractivity contribution in [3.05, 3.63) is 29.6 Å². The minimum atomic E-state index is -1.10. The van der Waals surface area contributed by atoms with Crippen LogP contribution in [-0.4, -0.2) is 66.4 Å². The molecule has 0 aliphatic carbocycles. The Morgan fingerprint density at radius 2 is 2.04 bits per heavy atom. The molecule has 1 saturated heterocycles. The van der Waals surface area contributed by atoms with Crippen molar-refractivity contribution in [2.45, 2.75) is 25.4 Å². The predicted molar refractivity (Wildman–Crippen MR) is 82.6 cm³/mol. The first-order valence-corrected chi connectivity index (χ1v) is 7.71. The van der Waals surface area contributed by atoms with Gasteiger partial charge in [0.1, 0.15) is 5.69 Å². The Bertz CT molecular complexity index is 524. The molecule has 0 unspecified atom stereocenters. The molecule has 1 amide bonds. The molecule has 1 N–H and O–H groups in total. The topological polar surface area (TPSA) is 89.0 Å². The van der Waals surface area contributed by atoms with Crippen LogP contribution in [0, 0.1) is 0 Å². The molecule has 0 radical (unpaired) electrons. The SMILES string of the molecule is COCCCOC1CCN(C(=O)c2ccc(C(=O)O)nc2)CC1. The van der Waals surface area contributed by atoms with Crippen molar-refractivity contribution in [3.63, 3.8) is 0 Å². The Hall–Kier alpha value is -1.99. The summed E-state index contributed by atoms with van der Waals surface area (Å²) in [4.78, 5) is 28.7. The number of aromatic carboxylic acids is 1. The number of aromatic nitrogens is 1. The summed E-state index contributed by atoms with van der Waals surface area (Å²) in [6, 6.07) is 2.85. The number of hydrogen-bond acceptors (Lipinski definition) is 5. The minimum Gasteiger partial charge on any atom is -0.477 e. The van der Waals surface area contributed by atoms with E-state index in [2.05, 4.69) is 4.98 Å². The van der Waals surface area contributed by atoms with Gasteiger partial charge in [0.25, 0.3) is 5.91 Å². The van der Waals surface area contributed by atoms with Gasteiger partial charge in [-0.15, -0.1) is 0 Å². The third-order valence-electron chi connectivity index (χ3n) is 3.81. The van der Waals surface area contributed by atoms with Crippen LogP contribution in [0.4, 0.5) is 0 Å². The van der Waals surface area contributed by atoms with Gasteiger partial charge in [-0.25, -0.2) is 9.78 Å². The Morgan fingerprint density at radius 3 is 2.61 bits per heavy atom. The molecule has 0 atom stereocenters. The quantitative estimate of drug-likeness (QED) is 0.764. The van der Waals surface area contributed by atoms with Gasteiger partial charge in [0.05, 0.1) is 11.7 Å². The zero-order valence-electron chi connectivity index (χ0n) is 13.2. The number of piperidine rings is 1. The number of carbonyl (C=O) groups is 2. The highest BCUT2D eigenvalue weighted by molar-refractivity contribution is 5.95. The number of amides is 1. The average molecular weight is 322 g/mol. The number of likely N-dealkylation sites (tertiary alicyclic amines) is 1. The molecule has 0 bridgehead atoms. The molecule has 0 saturated carbocycles. The van der Waals surface area contributed by atoms with E-state index < -0.39 is 5.97 Å². The van der Waals surface area contributed by atoms with E-state index in [0.717, 1.165) is 19.3 Å². The van der Waals surface area contributed by atoms with E-state index in [1.54, 1.807) is 12.0 Å². The van der Waals surface area contributed by atoms with E-state index in [1.807, 2.05) is 0 Å². The first-order valence-electron chi connectivity index (χ1n) is 7.71. The third-order valence-corrected chi connectivity index (χ3v) is 3.81. The van der Waals surface area contributed by atoms with E-state index in [0.29, 0.717) is 31.9 Å². The zero-order valence-corrected chi connectivity index (χ0v) is 13.2. The second-order valence-corrected chi connectivity index (χ2v) is 5.45. The van der Waals surface area contributed by atoms with Gasteiger partial charge in [0.15, 0.2) is 0 Å². The van der Waals surface area contributed by atoms with Crippen molar-refractivity contribution in [2.75, 3.05) is 33.4 Å². The van der Waals surface area contributed by atoms with Crippen LogP contribution in [0.25, 0.3) is 0 Å². The maximum absolute atomic E-state index is 12.4. The van der Waals surface area contributed by atoms with Gasteiger partial charge < -0.3 is 19.5 Å². The van der Waals surface area contributed by atoms with Crippen molar-refractivity contribution in [1.29, 1.82) is 0 Å². The highest BCUT2D eigenvalue weighted by Crippen LogP contribution is 2.16. The maximum Gasteiger partial charge on any atom is 0.354 e. The Labute approximate surface area is 135 Å². The summed E-state index contributed by atoms with van der Waals surface area (Å²) >= 11 is 0. The molecule has 7 nitrogen and oxygen atoms in total.